The Hall–Kier alpha value is -1.52. The van der Waals surface area contributed by atoms with Gasteiger partial charge in [0.2, 0.25) is 0 Å². The van der Waals surface area contributed by atoms with Crippen molar-refractivity contribution in [1.82, 2.24) is 5.32 Å². The van der Waals surface area contributed by atoms with Crippen molar-refractivity contribution in [1.29, 1.82) is 0 Å². The van der Waals surface area contributed by atoms with Gasteiger partial charge in [0.1, 0.15) is 0 Å². The normalized spacial score (nSPS) is 9.14. The third-order valence-corrected chi connectivity index (χ3v) is 2.25. The molecule has 1 aromatic rings. The molecule has 1 rings (SSSR count). The van der Waals surface area contributed by atoms with Crippen LogP contribution in [-0.2, 0) is 0 Å². The van der Waals surface area contributed by atoms with E-state index in [1.165, 1.54) is 11.3 Å². The minimum absolute atomic E-state index is 0.0767. The summed E-state index contributed by atoms with van der Waals surface area (Å²) >= 11 is 1.49. The van der Waals surface area contributed by atoms with E-state index in [1.807, 2.05) is 5.38 Å². The first kappa shape index (κ1) is 10.6. The molecule has 5 nitrogen and oxygen atoms in total. The third kappa shape index (κ3) is 3.47. The molecule has 0 saturated carbocycles. The van der Waals surface area contributed by atoms with Crippen LogP contribution in [0.4, 0.5) is 0 Å². The first-order chi connectivity index (χ1) is 6.84. The zero-order chi connectivity index (χ0) is 10.2. The number of carbonyl (C=O) groups excluding carboxylic acids is 1. The second-order valence-electron chi connectivity index (χ2n) is 2.58. The summed E-state index contributed by atoms with van der Waals surface area (Å²) in [5.74, 6) is -0.0767. The molecule has 0 atom stereocenters. The number of azide groups is 1. The third-order valence-electron chi connectivity index (χ3n) is 1.57. The summed E-state index contributed by atoms with van der Waals surface area (Å²) in [5, 5.41) is 9.74. The highest BCUT2D eigenvalue weighted by molar-refractivity contribution is 7.08. The van der Waals surface area contributed by atoms with Crippen LogP contribution in [0.1, 0.15) is 16.8 Å². The van der Waals surface area contributed by atoms with Crippen molar-refractivity contribution in [2.24, 2.45) is 5.11 Å². The van der Waals surface area contributed by atoms with Gasteiger partial charge in [-0.3, -0.25) is 4.79 Å². The van der Waals surface area contributed by atoms with Gasteiger partial charge < -0.3 is 5.32 Å². The lowest BCUT2D eigenvalue weighted by molar-refractivity contribution is 0.0954. The molecule has 1 N–H and O–H groups in total. The van der Waals surface area contributed by atoms with Crippen molar-refractivity contribution in [2.75, 3.05) is 13.1 Å². The van der Waals surface area contributed by atoms with E-state index < -0.39 is 0 Å². The molecule has 1 aromatic heterocycles. The predicted octanol–water partition coefficient (Wildman–Crippen LogP) is 2.18. The van der Waals surface area contributed by atoms with Crippen molar-refractivity contribution < 1.29 is 4.79 Å². The van der Waals surface area contributed by atoms with Gasteiger partial charge >= 0.3 is 0 Å². The molecule has 74 valence electrons. The lowest BCUT2D eigenvalue weighted by Crippen LogP contribution is -2.24. The lowest BCUT2D eigenvalue weighted by atomic mass is 10.3. The molecule has 0 fully saturated rings. The van der Waals surface area contributed by atoms with Crippen molar-refractivity contribution in [3.8, 4) is 0 Å². The lowest BCUT2D eigenvalue weighted by Gasteiger charge is -2.00. The highest BCUT2D eigenvalue weighted by Crippen LogP contribution is 2.04. The van der Waals surface area contributed by atoms with Gasteiger partial charge in [-0.2, -0.15) is 11.3 Å². The van der Waals surface area contributed by atoms with Gasteiger partial charge in [-0.1, -0.05) is 5.11 Å². The minimum atomic E-state index is -0.0767. The standard InChI is InChI=1S/C8H10N4OS/c9-12-11-4-1-3-10-8(13)7-2-5-14-6-7/h2,5-6H,1,3-4H2,(H,10,13). The first-order valence-electron chi connectivity index (χ1n) is 4.16. The molecule has 0 saturated heterocycles. The number of nitrogens with one attached hydrogen (secondary N) is 1. The van der Waals surface area contributed by atoms with Crippen LogP contribution in [-0.4, -0.2) is 19.0 Å². The maximum Gasteiger partial charge on any atom is 0.252 e. The second kappa shape index (κ2) is 6.01. The van der Waals surface area contributed by atoms with Crippen LogP contribution in [0.5, 0.6) is 0 Å². The Morgan fingerprint density at radius 2 is 2.57 bits per heavy atom. The summed E-state index contributed by atoms with van der Waals surface area (Å²) in [4.78, 5) is 13.9. The average Bonchev–Trinajstić information content (AvgIpc) is 2.70. The summed E-state index contributed by atoms with van der Waals surface area (Å²) < 4.78 is 0. The Bertz CT molecular complexity index is 329. The van der Waals surface area contributed by atoms with Crippen LogP contribution in [0.15, 0.2) is 21.9 Å². The fourth-order valence-electron chi connectivity index (χ4n) is 0.892. The smallest absolute Gasteiger partial charge is 0.252 e. The molecular weight excluding hydrogens is 200 g/mol. The summed E-state index contributed by atoms with van der Waals surface area (Å²) in [5.41, 5.74) is 8.68. The highest BCUT2D eigenvalue weighted by Gasteiger charge is 2.03. The van der Waals surface area contributed by atoms with E-state index in [2.05, 4.69) is 15.3 Å². The molecule has 14 heavy (non-hydrogen) atoms. The monoisotopic (exact) mass is 210 g/mol. The van der Waals surface area contributed by atoms with E-state index in [4.69, 9.17) is 5.53 Å². The van der Waals surface area contributed by atoms with Crippen molar-refractivity contribution >= 4 is 17.2 Å². The summed E-state index contributed by atoms with van der Waals surface area (Å²) in [7, 11) is 0. The minimum Gasteiger partial charge on any atom is -0.352 e. The first-order valence-corrected chi connectivity index (χ1v) is 5.10. The quantitative estimate of drug-likeness (QED) is 0.344. The number of hydrogen-bond donors (Lipinski definition) is 1. The zero-order valence-electron chi connectivity index (χ0n) is 7.51. The average molecular weight is 210 g/mol. The van der Waals surface area contributed by atoms with Crippen molar-refractivity contribution in [3.05, 3.63) is 32.8 Å². The van der Waals surface area contributed by atoms with E-state index in [0.29, 0.717) is 25.1 Å². The fraction of sp³-hybridized carbons (Fsp3) is 0.375. The van der Waals surface area contributed by atoms with Gasteiger partial charge in [0, 0.05) is 28.9 Å². The fourth-order valence-corrected chi connectivity index (χ4v) is 1.53. The molecule has 0 bridgehead atoms. The topological polar surface area (TPSA) is 77.9 Å². The second-order valence-corrected chi connectivity index (χ2v) is 3.36. The largest absolute Gasteiger partial charge is 0.352 e. The summed E-state index contributed by atoms with van der Waals surface area (Å²) in [6.45, 7) is 0.952. The zero-order valence-corrected chi connectivity index (χ0v) is 8.33. The molecule has 0 aromatic carbocycles. The van der Waals surface area contributed by atoms with Gasteiger partial charge in [-0.15, -0.1) is 0 Å². The van der Waals surface area contributed by atoms with Gasteiger partial charge in [-0.05, 0) is 23.4 Å². The van der Waals surface area contributed by atoms with Crippen LogP contribution in [0.25, 0.3) is 10.4 Å². The Morgan fingerprint density at radius 3 is 3.21 bits per heavy atom. The van der Waals surface area contributed by atoms with Gasteiger partial charge in [0.15, 0.2) is 0 Å². The molecule has 0 unspecified atom stereocenters. The molecule has 1 amide bonds. The maximum absolute atomic E-state index is 11.3. The van der Waals surface area contributed by atoms with Gasteiger partial charge in [0.05, 0.1) is 0 Å². The Kier molecular flexibility index (Phi) is 4.54. The number of hydrogen-bond acceptors (Lipinski definition) is 3. The van der Waals surface area contributed by atoms with Crippen LogP contribution in [0.2, 0.25) is 0 Å². The molecular formula is C8H10N4OS. The van der Waals surface area contributed by atoms with Crippen molar-refractivity contribution in [3.63, 3.8) is 0 Å². The van der Waals surface area contributed by atoms with E-state index >= 15 is 0 Å². The van der Waals surface area contributed by atoms with Gasteiger partial charge in [-0.25, -0.2) is 0 Å². The Balaban J connectivity index is 2.19. The number of amides is 1. The SMILES string of the molecule is [N-]=[N+]=NCCCNC(=O)c1ccsc1. The Labute approximate surface area is 85.4 Å². The Morgan fingerprint density at radius 1 is 1.71 bits per heavy atom. The number of thiophene rings is 1. The molecule has 0 spiro atoms. The van der Waals surface area contributed by atoms with Crippen LogP contribution in [0.3, 0.4) is 0 Å². The molecule has 1 heterocycles. The van der Waals surface area contributed by atoms with Crippen LogP contribution in [0, 0.1) is 0 Å². The maximum atomic E-state index is 11.3. The molecule has 6 heteroatoms. The summed E-state index contributed by atoms with van der Waals surface area (Å²) in [6.07, 6.45) is 0.667. The molecule has 0 radical (unpaired) electrons. The summed E-state index contributed by atoms with van der Waals surface area (Å²) in [6, 6.07) is 1.77. The van der Waals surface area contributed by atoms with E-state index in [9.17, 15) is 4.79 Å². The van der Waals surface area contributed by atoms with Crippen LogP contribution < -0.4 is 5.32 Å². The number of carbonyl (C=O) groups is 1. The van der Waals surface area contributed by atoms with Crippen molar-refractivity contribution in [2.45, 2.75) is 6.42 Å². The molecule has 0 aliphatic heterocycles. The molecule has 0 aliphatic rings. The highest BCUT2D eigenvalue weighted by atomic mass is 32.1. The van der Waals surface area contributed by atoms with Gasteiger partial charge in [0.25, 0.3) is 5.91 Å². The number of nitrogens with zero attached hydrogens (tertiary/aromatic N) is 3. The van der Waals surface area contributed by atoms with Crippen LogP contribution >= 0.6 is 11.3 Å². The molecule has 0 aliphatic carbocycles. The van der Waals surface area contributed by atoms with E-state index in [0.717, 1.165) is 0 Å². The predicted molar refractivity (Wildman–Crippen MR) is 55.3 cm³/mol. The van der Waals surface area contributed by atoms with E-state index in [1.54, 1.807) is 11.4 Å². The van der Waals surface area contributed by atoms with E-state index in [-0.39, 0.29) is 5.91 Å². The number of rotatable bonds is 5.